The van der Waals surface area contributed by atoms with E-state index in [-0.39, 0.29) is 5.82 Å². The average molecular weight is 144 g/mol. The zero-order chi connectivity index (χ0) is 6.85. The van der Waals surface area contributed by atoms with Gasteiger partial charge in [0.25, 0.3) is 5.91 Å². The summed E-state index contributed by atoms with van der Waals surface area (Å²) in [6.45, 7) is 0. The summed E-state index contributed by atoms with van der Waals surface area (Å²) >= 11 is 3.73. The van der Waals surface area contributed by atoms with Crippen LogP contribution in [0.1, 0.15) is 10.6 Å². The highest BCUT2D eigenvalue weighted by molar-refractivity contribution is 7.78. The van der Waals surface area contributed by atoms with Gasteiger partial charge in [0.05, 0.1) is 0 Å². The largest absolute Gasteiger partial charge is 0.363 e. The van der Waals surface area contributed by atoms with Crippen LogP contribution in [-0.4, -0.2) is 20.1 Å². The topological polar surface area (TPSA) is 73.8 Å². The van der Waals surface area contributed by atoms with E-state index in [9.17, 15) is 4.79 Å². The molecular formula is C3H4N4OS. The molecule has 0 atom stereocenters. The molecule has 0 aliphatic heterocycles. The first-order chi connectivity index (χ1) is 4.22. The average Bonchev–Trinajstić information content (AvgIpc) is 2.13. The molecule has 0 unspecified atom stereocenters. The van der Waals surface area contributed by atoms with Crippen molar-refractivity contribution in [2.24, 2.45) is 5.73 Å². The Hall–Kier alpha value is -1.04. The van der Waals surface area contributed by atoms with Crippen molar-refractivity contribution in [3.8, 4) is 0 Å². The maximum absolute atomic E-state index is 10.3. The number of hydrogen-bond donors (Lipinski definition) is 2. The van der Waals surface area contributed by atoms with Crippen molar-refractivity contribution in [1.82, 2.24) is 14.2 Å². The Morgan fingerprint density at radius 1 is 1.89 bits per heavy atom. The summed E-state index contributed by atoms with van der Waals surface area (Å²) in [7, 11) is 0. The molecule has 1 heterocycles. The number of hydrogen-bond acceptors (Lipinski definition) is 4. The maximum atomic E-state index is 10.3. The molecule has 2 N–H and O–H groups in total. The van der Waals surface area contributed by atoms with E-state index in [4.69, 9.17) is 5.73 Å². The van der Waals surface area contributed by atoms with E-state index in [1.807, 2.05) is 0 Å². The van der Waals surface area contributed by atoms with Gasteiger partial charge in [-0.1, -0.05) is 0 Å². The van der Waals surface area contributed by atoms with Crippen LogP contribution in [0.15, 0.2) is 6.33 Å². The van der Waals surface area contributed by atoms with E-state index in [2.05, 4.69) is 22.9 Å². The van der Waals surface area contributed by atoms with Gasteiger partial charge in [0.15, 0.2) is 0 Å². The molecule has 1 aromatic heterocycles. The Balaban J connectivity index is 3.08. The SMILES string of the molecule is NC(=O)c1ncnn1S. The number of carbonyl (C=O) groups is 1. The molecule has 5 nitrogen and oxygen atoms in total. The van der Waals surface area contributed by atoms with Gasteiger partial charge in [0.1, 0.15) is 6.33 Å². The van der Waals surface area contributed by atoms with Gasteiger partial charge in [-0.05, 0) is 12.8 Å². The van der Waals surface area contributed by atoms with Crippen LogP contribution in [0.2, 0.25) is 0 Å². The monoisotopic (exact) mass is 144 g/mol. The molecule has 0 saturated carbocycles. The quantitative estimate of drug-likeness (QED) is 0.500. The molecule has 1 aromatic rings. The maximum Gasteiger partial charge on any atom is 0.287 e. The molecule has 0 fully saturated rings. The van der Waals surface area contributed by atoms with E-state index in [0.29, 0.717) is 0 Å². The minimum Gasteiger partial charge on any atom is -0.363 e. The smallest absolute Gasteiger partial charge is 0.287 e. The van der Waals surface area contributed by atoms with Crippen molar-refractivity contribution in [2.45, 2.75) is 0 Å². The van der Waals surface area contributed by atoms with Gasteiger partial charge in [-0.25, -0.2) is 4.98 Å². The van der Waals surface area contributed by atoms with Gasteiger partial charge in [-0.3, -0.25) is 4.79 Å². The molecular weight excluding hydrogens is 140 g/mol. The van der Waals surface area contributed by atoms with Crippen LogP contribution in [0.3, 0.4) is 0 Å². The van der Waals surface area contributed by atoms with Crippen molar-refractivity contribution in [1.29, 1.82) is 0 Å². The number of rotatable bonds is 1. The van der Waals surface area contributed by atoms with Crippen LogP contribution in [-0.2, 0) is 0 Å². The van der Waals surface area contributed by atoms with Crippen molar-refractivity contribution < 1.29 is 4.79 Å². The van der Waals surface area contributed by atoms with Crippen molar-refractivity contribution in [2.75, 3.05) is 0 Å². The highest BCUT2D eigenvalue weighted by Gasteiger charge is 2.05. The second-order valence-electron chi connectivity index (χ2n) is 1.34. The first-order valence-corrected chi connectivity index (χ1v) is 2.51. The predicted molar refractivity (Wildman–Crippen MR) is 32.9 cm³/mol. The molecule has 0 radical (unpaired) electrons. The molecule has 0 aliphatic carbocycles. The van der Waals surface area contributed by atoms with E-state index < -0.39 is 5.91 Å². The minimum absolute atomic E-state index is 0.0401. The molecule has 1 amide bonds. The van der Waals surface area contributed by atoms with Crippen LogP contribution < -0.4 is 5.73 Å². The number of amides is 1. The molecule has 0 spiro atoms. The molecule has 0 saturated heterocycles. The number of carbonyl (C=O) groups excluding carboxylic acids is 1. The van der Waals surface area contributed by atoms with Gasteiger partial charge in [-0.2, -0.15) is 4.09 Å². The zero-order valence-electron chi connectivity index (χ0n) is 4.35. The third kappa shape index (κ3) is 1.02. The fraction of sp³-hybridized carbons (Fsp3) is 0. The van der Waals surface area contributed by atoms with Crippen LogP contribution in [0, 0.1) is 0 Å². The summed E-state index contributed by atoms with van der Waals surface area (Å²) in [5, 5.41) is 3.51. The standard InChI is InChI=1S/C3H4N4OS/c4-2(8)3-5-1-6-7(3)9/h1,9H,(H2,4,8). The summed E-state index contributed by atoms with van der Waals surface area (Å²) in [6.07, 6.45) is 1.20. The van der Waals surface area contributed by atoms with Crippen molar-refractivity contribution in [3.63, 3.8) is 0 Å². The van der Waals surface area contributed by atoms with Crippen LogP contribution >= 0.6 is 12.8 Å². The number of thiol groups is 1. The normalized spacial score (nSPS) is 9.44. The van der Waals surface area contributed by atoms with Gasteiger partial charge in [0.2, 0.25) is 5.82 Å². The summed E-state index contributed by atoms with van der Waals surface area (Å²) in [5.41, 5.74) is 4.85. The molecule has 6 heteroatoms. The fourth-order valence-corrected chi connectivity index (χ4v) is 0.594. The highest BCUT2D eigenvalue weighted by atomic mass is 32.1. The third-order valence-corrected chi connectivity index (χ3v) is 1.04. The Morgan fingerprint density at radius 3 is 2.78 bits per heavy atom. The minimum atomic E-state index is -0.637. The molecule has 1 rings (SSSR count). The Labute approximate surface area is 56.4 Å². The summed E-state index contributed by atoms with van der Waals surface area (Å²) < 4.78 is 1.02. The number of aromatic nitrogens is 3. The van der Waals surface area contributed by atoms with Gasteiger partial charge < -0.3 is 5.73 Å². The van der Waals surface area contributed by atoms with Gasteiger partial charge in [-0.15, -0.1) is 5.10 Å². The highest BCUT2D eigenvalue weighted by Crippen LogP contribution is 1.91. The Kier molecular flexibility index (Phi) is 1.39. The lowest BCUT2D eigenvalue weighted by molar-refractivity contribution is 0.0990. The molecule has 9 heavy (non-hydrogen) atoms. The lowest BCUT2D eigenvalue weighted by Gasteiger charge is -1.88. The fourth-order valence-electron chi connectivity index (χ4n) is 0.398. The Bertz CT molecular complexity index is 231. The molecule has 0 aromatic carbocycles. The van der Waals surface area contributed by atoms with Gasteiger partial charge in [0, 0.05) is 0 Å². The van der Waals surface area contributed by atoms with E-state index in [1.165, 1.54) is 6.33 Å². The van der Waals surface area contributed by atoms with E-state index in [1.54, 1.807) is 0 Å². The Morgan fingerprint density at radius 2 is 2.56 bits per heavy atom. The lowest BCUT2D eigenvalue weighted by atomic mass is 10.6. The number of nitrogens with zero attached hydrogens (tertiary/aromatic N) is 3. The van der Waals surface area contributed by atoms with Crippen LogP contribution in [0.25, 0.3) is 0 Å². The second kappa shape index (κ2) is 2.06. The first kappa shape index (κ1) is 6.09. The second-order valence-corrected chi connectivity index (χ2v) is 1.72. The van der Waals surface area contributed by atoms with Crippen molar-refractivity contribution in [3.05, 3.63) is 12.2 Å². The lowest BCUT2D eigenvalue weighted by Crippen LogP contribution is -2.15. The third-order valence-electron chi connectivity index (χ3n) is 0.751. The molecule has 48 valence electrons. The van der Waals surface area contributed by atoms with Gasteiger partial charge >= 0.3 is 0 Å². The molecule has 0 bridgehead atoms. The predicted octanol–water partition coefficient (Wildman–Crippen LogP) is -0.930. The summed E-state index contributed by atoms with van der Waals surface area (Å²) in [5.74, 6) is -0.596. The number of nitrogens with two attached hydrogens (primary N) is 1. The summed E-state index contributed by atoms with van der Waals surface area (Å²) in [6, 6.07) is 0. The van der Waals surface area contributed by atoms with E-state index >= 15 is 0 Å². The zero-order valence-corrected chi connectivity index (χ0v) is 5.25. The number of primary amides is 1. The molecule has 0 aliphatic rings. The van der Waals surface area contributed by atoms with Crippen molar-refractivity contribution >= 4 is 18.7 Å². The van der Waals surface area contributed by atoms with Crippen LogP contribution in [0.5, 0.6) is 0 Å². The summed E-state index contributed by atoms with van der Waals surface area (Å²) in [4.78, 5) is 13.8. The first-order valence-electron chi connectivity index (χ1n) is 2.11. The van der Waals surface area contributed by atoms with Crippen LogP contribution in [0.4, 0.5) is 0 Å². The van der Waals surface area contributed by atoms with E-state index in [0.717, 1.165) is 4.09 Å².